The molecule has 5 aromatic rings. The first kappa shape index (κ1) is 41.4. The number of anilines is 2. The predicted octanol–water partition coefficient (Wildman–Crippen LogP) is 6.76. The van der Waals surface area contributed by atoms with E-state index in [9.17, 15) is 28.4 Å². The van der Waals surface area contributed by atoms with Crippen LogP contribution < -0.4 is 15.4 Å². The number of nitrogens with one attached hydrogen (secondary N) is 1. The molecule has 4 N–H and O–H groups in total. The molecule has 15 heteroatoms. The number of likely N-dealkylation sites (tertiary alicyclic amines) is 1. The number of carbonyl (C=O) groups is 1. The number of ketones is 1. The second-order valence-electron chi connectivity index (χ2n) is 14.6. The fourth-order valence-electron chi connectivity index (χ4n) is 7.52. The van der Waals surface area contributed by atoms with E-state index in [4.69, 9.17) is 16.7 Å². The smallest absolute Gasteiger partial charge is 0.306 e. The lowest BCUT2D eigenvalue weighted by molar-refractivity contribution is -0.384. The van der Waals surface area contributed by atoms with Gasteiger partial charge >= 0.3 is 5.69 Å². The molecule has 12 nitrogen and oxygen atoms in total. The zero-order valence-electron chi connectivity index (χ0n) is 31.7. The molecule has 58 heavy (non-hydrogen) atoms. The van der Waals surface area contributed by atoms with Gasteiger partial charge in [0.05, 0.1) is 16.7 Å². The van der Waals surface area contributed by atoms with E-state index in [1.807, 2.05) is 71.6 Å². The van der Waals surface area contributed by atoms with Crippen LogP contribution in [0.3, 0.4) is 0 Å². The molecule has 2 fully saturated rings. The first-order valence-corrected chi connectivity index (χ1v) is 22.0. The molecule has 7 rings (SSSR count). The van der Waals surface area contributed by atoms with Crippen LogP contribution in [-0.4, -0.2) is 97.7 Å². The van der Waals surface area contributed by atoms with Crippen molar-refractivity contribution in [2.24, 2.45) is 5.14 Å². The van der Waals surface area contributed by atoms with Gasteiger partial charge in [-0.05, 0) is 53.4 Å². The Bertz CT molecular complexity index is 2340. The molecule has 302 valence electrons. The second-order valence-corrected chi connectivity index (χ2v) is 17.6. The van der Waals surface area contributed by atoms with E-state index < -0.39 is 36.9 Å². The summed E-state index contributed by atoms with van der Waals surface area (Å²) in [7, 11) is -4.64. The zero-order valence-corrected chi connectivity index (χ0v) is 34.1. The molecule has 0 saturated carbocycles. The van der Waals surface area contributed by atoms with Crippen molar-refractivity contribution in [3.63, 3.8) is 0 Å². The first-order valence-electron chi connectivity index (χ1n) is 19.1. The van der Waals surface area contributed by atoms with Crippen molar-refractivity contribution in [1.82, 2.24) is 9.80 Å². The van der Waals surface area contributed by atoms with Crippen molar-refractivity contribution in [2.45, 2.75) is 34.9 Å². The van der Waals surface area contributed by atoms with Gasteiger partial charge in [0.25, 0.3) is 0 Å². The molecule has 0 bridgehead atoms. The van der Waals surface area contributed by atoms with E-state index >= 15 is 0 Å². The van der Waals surface area contributed by atoms with Crippen LogP contribution in [0.1, 0.15) is 27.9 Å². The third kappa shape index (κ3) is 9.89. The Morgan fingerprint density at radius 2 is 1.55 bits per heavy atom. The number of thioether (sulfide) groups is 1. The SMILES string of the molecule is NS(=O)(=O)c1cc(N2CCN(Cc3ccccc3-c3ccc(Cl)cc3)CC2)c(N[C@H](CCN2CC(O)C2)CSc2ccccc2)c([N+](=O)[O-])c1C(=O)c1ccccc1. The molecule has 2 aliphatic heterocycles. The number of nitrogens with two attached hydrogens (primary N) is 1. The average Bonchev–Trinajstić information content (AvgIpc) is 3.21. The van der Waals surface area contributed by atoms with Crippen LogP contribution in [0.4, 0.5) is 17.1 Å². The molecular weight excluding hydrogens is 796 g/mol. The largest absolute Gasteiger partial charge is 0.390 e. The maximum atomic E-state index is 14.2. The summed E-state index contributed by atoms with van der Waals surface area (Å²) in [5.41, 5.74) is 2.50. The van der Waals surface area contributed by atoms with Gasteiger partial charge in [0.15, 0.2) is 0 Å². The van der Waals surface area contributed by atoms with Crippen molar-refractivity contribution in [3.8, 4) is 11.1 Å². The summed E-state index contributed by atoms with van der Waals surface area (Å²) in [4.78, 5) is 33.6. The van der Waals surface area contributed by atoms with Crippen LogP contribution >= 0.6 is 23.4 Å². The number of hydrogen-bond donors (Lipinski definition) is 3. The van der Waals surface area contributed by atoms with Crippen molar-refractivity contribution < 1.29 is 23.2 Å². The van der Waals surface area contributed by atoms with Gasteiger partial charge in [0.2, 0.25) is 15.8 Å². The number of nitro groups is 1. The molecule has 5 aromatic carbocycles. The minimum Gasteiger partial charge on any atom is -0.390 e. The van der Waals surface area contributed by atoms with Crippen molar-refractivity contribution in [2.75, 3.05) is 61.8 Å². The summed E-state index contributed by atoms with van der Waals surface area (Å²) in [6.07, 6.45) is 0.169. The number of carbonyl (C=O) groups excluding carboxylic acids is 1. The van der Waals surface area contributed by atoms with Gasteiger partial charge in [-0.15, -0.1) is 11.8 Å². The number of sulfonamides is 1. The summed E-state index contributed by atoms with van der Waals surface area (Å²) in [6.45, 7) is 4.32. The van der Waals surface area contributed by atoms with E-state index in [1.165, 1.54) is 18.2 Å². The van der Waals surface area contributed by atoms with Crippen LogP contribution in [0.15, 0.2) is 125 Å². The number of aliphatic hydroxyl groups is 1. The van der Waals surface area contributed by atoms with Crippen LogP contribution in [0, 0.1) is 10.1 Å². The van der Waals surface area contributed by atoms with Gasteiger partial charge in [-0.3, -0.25) is 24.7 Å². The van der Waals surface area contributed by atoms with E-state index in [2.05, 4.69) is 27.2 Å². The van der Waals surface area contributed by atoms with Gasteiger partial charge in [-0.2, -0.15) is 0 Å². The average molecular weight is 841 g/mol. The number of nitrogens with zero attached hydrogens (tertiary/aromatic N) is 4. The molecule has 2 aliphatic rings. The molecule has 0 unspecified atom stereocenters. The lowest BCUT2D eigenvalue weighted by atomic mass is 9.98. The van der Waals surface area contributed by atoms with Crippen molar-refractivity contribution in [1.29, 1.82) is 0 Å². The lowest BCUT2D eigenvalue weighted by Crippen LogP contribution is -2.51. The number of hydrogen-bond acceptors (Lipinski definition) is 11. The molecule has 2 heterocycles. The third-order valence-electron chi connectivity index (χ3n) is 10.6. The summed E-state index contributed by atoms with van der Waals surface area (Å²) in [6, 6.07) is 34.6. The number of primary sulfonamides is 1. The van der Waals surface area contributed by atoms with Gasteiger partial charge in [-0.25, -0.2) is 13.6 Å². The van der Waals surface area contributed by atoms with E-state index in [0.717, 1.165) is 21.6 Å². The van der Waals surface area contributed by atoms with Crippen LogP contribution in [-0.2, 0) is 16.6 Å². The molecule has 0 aromatic heterocycles. The van der Waals surface area contributed by atoms with Crippen molar-refractivity contribution >= 4 is 56.2 Å². The standard InChI is InChI=1S/C43H45ClN6O6S2/c44-33-17-15-30(16-18-33)37-14-8-7-11-32(37)26-47-21-23-49(24-22-47)38-25-39(58(45,55)56)40(43(52)31-9-3-1-4-10-31)42(50(53)54)41(38)46-34(19-20-48-27-35(51)28-48)29-57-36-12-5-2-6-13-36/h1-18,25,34-35,46,51H,19-24,26-29H2,(H2,45,55,56)/t34-/m1/s1. The number of rotatable bonds is 16. The minimum atomic E-state index is -4.64. The Morgan fingerprint density at radius 1 is 0.914 bits per heavy atom. The Balaban J connectivity index is 1.26. The van der Waals surface area contributed by atoms with Crippen LogP contribution in [0.25, 0.3) is 11.1 Å². The fraction of sp³-hybridized carbons (Fsp3) is 0.279. The van der Waals surface area contributed by atoms with Gasteiger partial charge in [0, 0.05) is 79.6 Å². The normalized spacial score (nSPS) is 15.8. The predicted molar refractivity (Wildman–Crippen MR) is 230 cm³/mol. The minimum absolute atomic E-state index is 0.0699. The van der Waals surface area contributed by atoms with Gasteiger partial charge in [0.1, 0.15) is 16.1 Å². The Morgan fingerprint density at radius 3 is 2.19 bits per heavy atom. The summed E-state index contributed by atoms with van der Waals surface area (Å²) >= 11 is 7.76. The van der Waals surface area contributed by atoms with Crippen LogP contribution in [0.5, 0.6) is 0 Å². The zero-order chi connectivity index (χ0) is 40.8. The van der Waals surface area contributed by atoms with E-state index in [-0.39, 0.29) is 29.1 Å². The first-order chi connectivity index (χ1) is 27.9. The third-order valence-corrected chi connectivity index (χ3v) is 12.9. The Kier molecular flexibility index (Phi) is 13.1. The molecule has 1 atom stereocenters. The molecule has 0 radical (unpaired) electrons. The maximum Gasteiger partial charge on any atom is 0.306 e. The quantitative estimate of drug-likeness (QED) is 0.0417. The summed E-state index contributed by atoms with van der Waals surface area (Å²) < 4.78 is 26.8. The second kappa shape index (κ2) is 18.4. The highest BCUT2D eigenvalue weighted by Crippen LogP contribution is 2.44. The number of β-amino-alcohol motifs (C(OH)–C–C–N with tert-alkyl or cyclic N) is 1. The number of halogens is 1. The maximum absolute atomic E-state index is 14.2. The molecule has 2 saturated heterocycles. The molecular formula is C43H45ClN6O6S2. The number of benzene rings is 5. The van der Waals surface area contributed by atoms with Crippen LogP contribution in [0.2, 0.25) is 5.02 Å². The topological polar surface area (TPSA) is 162 Å². The highest BCUT2D eigenvalue weighted by atomic mass is 35.5. The van der Waals surface area contributed by atoms with E-state index in [0.29, 0.717) is 69.6 Å². The van der Waals surface area contributed by atoms with E-state index in [1.54, 1.807) is 30.0 Å². The van der Waals surface area contributed by atoms with Gasteiger partial charge < -0.3 is 15.3 Å². The van der Waals surface area contributed by atoms with Gasteiger partial charge in [-0.1, -0.05) is 96.5 Å². The Hall–Kier alpha value is -4.80. The summed E-state index contributed by atoms with van der Waals surface area (Å²) in [5, 5.41) is 33.2. The number of piperazine rings is 1. The number of nitro benzene ring substituents is 1. The molecule has 0 aliphatic carbocycles. The fourth-order valence-corrected chi connectivity index (χ4v) is 9.39. The number of aliphatic hydroxyl groups excluding tert-OH is 1. The molecule has 0 amide bonds. The monoisotopic (exact) mass is 840 g/mol. The highest BCUT2D eigenvalue weighted by molar-refractivity contribution is 7.99. The molecule has 0 spiro atoms. The summed E-state index contributed by atoms with van der Waals surface area (Å²) in [5.74, 6) is -0.309. The lowest BCUT2D eigenvalue weighted by Gasteiger charge is -2.38. The highest BCUT2D eigenvalue weighted by Gasteiger charge is 2.38. The van der Waals surface area contributed by atoms with Crippen molar-refractivity contribution in [3.05, 3.63) is 147 Å². The Labute approximate surface area is 347 Å².